The van der Waals surface area contributed by atoms with Gasteiger partial charge in [0.2, 0.25) is 0 Å². The molecule has 2 heterocycles. The van der Waals surface area contributed by atoms with Crippen LogP contribution in [0.4, 0.5) is 4.79 Å². The second-order valence-corrected chi connectivity index (χ2v) is 6.03. The molecule has 0 saturated heterocycles. The highest BCUT2D eigenvalue weighted by atomic mass is 16.2. The third kappa shape index (κ3) is 2.84. The molecule has 0 fully saturated rings. The zero-order valence-electron chi connectivity index (χ0n) is 13.3. The first kappa shape index (κ1) is 14.7. The highest BCUT2D eigenvalue weighted by Crippen LogP contribution is 2.31. The average molecular weight is 317 g/mol. The van der Waals surface area contributed by atoms with Gasteiger partial charge in [0.15, 0.2) is 0 Å². The zero-order valence-corrected chi connectivity index (χ0v) is 13.3. The molecule has 4 heteroatoms. The van der Waals surface area contributed by atoms with E-state index in [4.69, 9.17) is 0 Å². The van der Waals surface area contributed by atoms with Crippen molar-refractivity contribution >= 4 is 12.1 Å². The molecule has 0 radical (unpaired) electrons. The quantitative estimate of drug-likeness (QED) is 0.797. The molecular formula is C20H19N3O. The molecule has 4 nitrogen and oxygen atoms in total. The van der Waals surface area contributed by atoms with Crippen LogP contribution in [-0.2, 0) is 0 Å². The fraction of sp³-hybridized carbons (Fsp3) is 0.150. The summed E-state index contributed by atoms with van der Waals surface area (Å²) in [6, 6.07) is 20.0. The van der Waals surface area contributed by atoms with Gasteiger partial charge in [0, 0.05) is 18.8 Å². The van der Waals surface area contributed by atoms with Crippen LogP contribution in [0.25, 0.3) is 6.08 Å². The van der Waals surface area contributed by atoms with Crippen molar-refractivity contribution in [3.8, 4) is 0 Å². The lowest BCUT2D eigenvalue weighted by atomic mass is 9.90. The number of rotatable bonds is 2. The average Bonchev–Trinajstić information content (AvgIpc) is 2.63. The van der Waals surface area contributed by atoms with E-state index >= 15 is 0 Å². The van der Waals surface area contributed by atoms with E-state index in [9.17, 15) is 4.79 Å². The Morgan fingerprint density at radius 2 is 1.62 bits per heavy atom. The van der Waals surface area contributed by atoms with Crippen LogP contribution in [-0.4, -0.2) is 19.1 Å². The van der Waals surface area contributed by atoms with Crippen LogP contribution in [0.3, 0.4) is 0 Å². The fourth-order valence-electron chi connectivity index (χ4n) is 3.29. The molecule has 1 unspecified atom stereocenters. The number of hydrogen-bond acceptors (Lipinski definition) is 2. The summed E-state index contributed by atoms with van der Waals surface area (Å²) in [4.78, 5) is 12.2. The first-order valence-corrected chi connectivity index (χ1v) is 8.13. The molecule has 2 amide bonds. The van der Waals surface area contributed by atoms with E-state index in [-0.39, 0.29) is 12.1 Å². The van der Waals surface area contributed by atoms with Gasteiger partial charge in [-0.15, -0.1) is 0 Å². The van der Waals surface area contributed by atoms with Gasteiger partial charge in [0.25, 0.3) is 0 Å². The maximum Gasteiger partial charge on any atom is 0.319 e. The lowest BCUT2D eigenvalue weighted by Gasteiger charge is -2.35. The second-order valence-electron chi connectivity index (χ2n) is 6.03. The van der Waals surface area contributed by atoms with Gasteiger partial charge in [-0.1, -0.05) is 60.7 Å². The van der Waals surface area contributed by atoms with Crippen molar-refractivity contribution in [3.05, 3.63) is 88.6 Å². The number of carbonyl (C=O) groups excluding carboxylic acids is 1. The summed E-state index contributed by atoms with van der Waals surface area (Å²) < 4.78 is 0. The molecule has 0 saturated carbocycles. The van der Waals surface area contributed by atoms with Gasteiger partial charge in [0.1, 0.15) is 0 Å². The smallest absolute Gasteiger partial charge is 0.319 e. The molecule has 0 spiro atoms. The highest BCUT2D eigenvalue weighted by molar-refractivity contribution is 5.82. The number of urea groups is 1. The van der Waals surface area contributed by atoms with Crippen molar-refractivity contribution in [1.82, 2.24) is 16.0 Å². The summed E-state index contributed by atoms with van der Waals surface area (Å²) in [5.74, 6) is 0. The van der Waals surface area contributed by atoms with Crippen molar-refractivity contribution in [2.75, 3.05) is 13.1 Å². The third-order valence-corrected chi connectivity index (χ3v) is 4.41. The monoisotopic (exact) mass is 317 g/mol. The predicted molar refractivity (Wildman–Crippen MR) is 95.2 cm³/mol. The minimum absolute atomic E-state index is 0.0954. The van der Waals surface area contributed by atoms with Gasteiger partial charge in [-0.25, -0.2) is 4.79 Å². The van der Waals surface area contributed by atoms with E-state index in [1.165, 1.54) is 5.57 Å². The van der Waals surface area contributed by atoms with Crippen molar-refractivity contribution < 1.29 is 4.79 Å². The molecule has 2 aliphatic rings. The fourth-order valence-corrected chi connectivity index (χ4v) is 3.29. The van der Waals surface area contributed by atoms with Crippen molar-refractivity contribution in [3.63, 3.8) is 0 Å². The Balaban J connectivity index is 1.77. The normalized spacial score (nSPS) is 21.9. The van der Waals surface area contributed by atoms with E-state index < -0.39 is 0 Å². The predicted octanol–water partition coefficient (Wildman–Crippen LogP) is 2.98. The molecule has 1 atom stereocenters. The molecule has 24 heavy (non-hydrogen) atoms. The molecule has 0 aromatic heterocycles. The largest absolute Gasteiger partial charge is 0.327 e. The number of hydrogen-bond donors (Lipinski definition) is 3. The topological polar surface area (TPSA) is 53.2 Å². The van der Waals surface area contributed by atoms with Gasteiger partial charge in [-0.3, -0.25) is 0 Å². The standard InChI is InChI=1S/C20H19N3O/c24-20-22-18(15-9-5-2-6-10-15)17-13-21-12-16(19(17)23-20)11-14-7-3-1-4-8-14/h1-11,18,21H,12-13H2,(H2,22,23,24)/b16-11+. The maximum absolute atomic E-state index is 12.2. The van der Waals surface area contributed by atoms with Crippen molar-refractivity contribution in [2.45, 2.75) is 6.04 Å². The van der Waals surface area contributed by atoms with E-state index in [2.05, 4.69) is 46.3 Å². The number of carbonyl (C=O) groups is 1. The van der Waals surface area contributed by atoms with Gasteiger partial charge in [-0.05, 0) is 28.3 Å². The SMILES string of the molecule is O=C1NC2=C(CNC/C2=C\c2ccccc2)C(c2ccccc2)N1. The first-order valence-electron chi connectivity index (χ1n) is 8.13. The molecule has 2 aromatic carbocycles. The van der Waals surface area contributed by atoms with E-state index in [1.54, 1.807) is 0 Å². The molecule has 3 N–H and O–H groups in total. The summed E-state index contributed by atoms with van der Waals surface area (Å²) in [6.07, 6.45) is 2.13. The molecule has 0 aliphatic carbocycles. The van der Waals surface area contributed by atoms with Gasteiger partial charge in [0.05, 0.1) is 6.04 Å². The molecule has 2 aromatic rings. The summed E-state index contributed by atoms with van der Waals surface area (Å²) >= 11 is 0. The molecule has 120 valence electrons. The van der Waals surface area contributed by atoms with Gasteiger partial charge in [-0.2, -0.15) is 0 Å². The van der Waals surface area contributed by atoms with Crippen LogP contribution in [0, 0.1) is 0 Å². The van der Waals surface area contributed by atoms with E-state index in [0.29, 0.717) is 0 Å². The van der Waals surface area contributed by atoms with Crippen LogP contribution in [0.15, 0.2) is 77.5 Å². The highest BCUT2D eigenvalue weighted by Gasteiger charge is 2.31. The Morgan fingerprint density at radius 3 is 2.38 bits per heavy atom. The Hall–Kier alpha value is -2.85. The summed E-state index contributed by atoms with van der Waals surface area (Å²) in [5.41, 5.74) is 5.47. The van der Waals surface area contributed by atoms with Crippen LogP contribution in [0.1, 0.15) is 17.2 Å². The summed E-state index contributed by atoms with van der Waals surface area (Å²) in [5, 5.41) is 9.50. The number of amides is 2. The van der Waals surface area contributed by atoms with E-state index in [0.717, 1.165) is 35.5 Å². The third-order valence-electron chi connectivity index (χ3n) is 4.41. The van der Waals surface area contributed by atoms with Crippen molar-refractivity contribution in [2.24, 2.45) is 0 Å². The van der Waals surface area contributed by atoms with Crippen LogP contribution in [0.5, 0.6) is 0 Å². The summed E-state index contributed by atoms with van der Waals surface area (Å²) in [7, 11) is 0. The number of benzene rings is 2. The number of nitrogens with one attached hydrogen (secondary N) is 3. The molecule has 2 aliphatic heterocycles. The van der Waals surface area contributed by atoms with Crippen LogP contribution < -0.4 is 16.0 Å². The zero-order chi connectivity index (χ0) is 16.4. The van der Waals surface area contributed by atoms with Crippen LogP contribution >= 0.6 is 0 Å². The van der Waals surface area contributed by atoms with Gasteiger partial charge < -0.3 is 16.0 Å². The lowest BCUT2D eigenvalue weighted by Crippen LogP contribution is -2.49. The first-order chi connectivity index (χ1) is 11.8. The Bertz CT molecular complexity index is 809. The van der Waals surface area contributed by atoms with Crippen LogP contribution in [0.2, 0.25) is 0 Å². The van der Waals surface area contributed by atoms with Crippen molar-refractivity contribution in [1.29, 1.82) is 0 Å². The minimum atomic E-state index is -0.150. The molecule has 4 rings (SSSR count). The molecule has 0 bridgehead atoms. The minimum Gasteiger partial charge on any atom is -0.327 e. The molecular weight excluding hydrogens is 298 g/mol. The van der Waals surface area contributed by atoms with E-state index in [1.807, 2.05) is 36.4 Å². The lowest BCUT2D eigenvalue weighted by molar-refractivity contribution is 0.238. The Kier molecular flexibility index (Phi) is 3.89. The Morgan fingerprint density at radius 1 is 0.917 bits per heavy atom. The second kappa shape index (κ2) is 6.34. The Labute approximate surface area is 141 Å². The van der Waals surface area contributed by atoms with Gasteiger partial charge >= 0.3 is 6.03 Å². The maximum atomic E-state index is 12.2. The summed E-state index contributed by atoms with van der Waals surface area (Å²) in [6.45, 7) is 1.50.